The maximum atomic E-state index is 12.8. The van der Waals surface area contributed by atoms with Crippen LogP contribution in [0.5, 0.6) is 0 Å². The average Bonchev–Trinajstić information content (AvgIpc) is 3.61. The molecule has 10 heteroatoms. The number of esters is 2. The van der Waals surface area contributed by atoms with Crippen molar-refractivity contribution in [3.8, 4) is 0 Å². The summed E-state index contributed by atoms with van der Waals surface area (Å²) < 4.78 is 34.2. The summed E-state index contributed by atoms with van der Waals surface area (Å²) in [5, 5.41) is 0. The quantitative estimate of drug-likeness (QED) is 0.0195. The van der Waals surface area contributed by atoms with Gasteiger partial charge in [0.05, 0.1) is 27.7 Å². The molecular weight excluding hydrogens is 1060 g/mol. The van der Waals surface area contributed by atoms with Gasteiger partial charge in [0.1, 0.15) is 19.8 Å². The minimum Gasteiger partial charge on any atom is -0.756 e. The van der Waals surface area contributed by atoms with Gasteiger partial charge in [-0.3, -0.25) is 14.2 Å². The first-order valence-corrected chi connectivity index (χ1v) is 35.0. The van der Waals surface area contributed by atoms with Crippen molar-refractivity contribution >= 4 is 19.8 Å². The fourth-order valence-electron chi connectivity index (χ4n) is 8.71. The molecule has 0 rings (SSSR count). The lowest BCUT2D eigenvalue weighted by Crippen LogP contribution is -2.37. The van der Waals surface area contributed by atoms with Gasteiger partial charge >= 0.3 is 11.9 Å². The molecule has 0 fully saturated rings. The van der Waals surface area contributed by atoms with E-state index < -0.39 is 32.5 Å². The predicted octanol–water partition coefficient (Wildman–Crippen LogP) is 21.2. The van der Waals surface area contributed by atoms with Crippen molar-refractivity contribution in [2.75, 3.05) is 47.5 Å². The van der Waals surface area contributed by atoms with Gasteiger partial charge in [0.15, 0.2) is 6.10 Å². The SMILES string of the molecule is CC/C=C\C/C=C\C/C=C\C/C=C\C/C=C\C/C=C\C/C=C\C/C=C\C/C=C\C/C=C\CCCCC(=O)OC(COC(=O)CCCCCCCCCCCCCCCCC/C=C\C/C=C\CCCCCCC)COP(=O)([O-])OCC[N+](C)(C)C. The molecule has 0 radical (unpaired) electrons. The fraction of sp³-hybridized carbons (Fsp3) is 0.649. The molecule has 0 bridgehead atoms. The Morgan fingerprint density at radius 3 is 1.04 bits per heavy atom. The molecule has 0 heterocycles. The summed E-state index contributed by atoms with van der Waals surface area (Å²) in [5.74, 6) is -0.890. The molecule has 9 nitrogen and oxygen atoms in total. The Hall–Kier alpha value is -4.11. The summed E-state index contributed by atoms with van der Waals surface area (Å²) in [4.78, 5) is 38.0. The highest BCUT2D eigenvalue weighted by molar-refractivity contribution is 7.45. The number of unbranched alkanes of at least 4 members (excludes halogenated alkanes) is 22. The van der Waals surface area contributed by atoms with E-state index >= 15 is 0 Å². The number of phosphoric ester groups is 1. The van der Waals surface area contributed by atoms with Gasteiger partial charge in [-0.15, -0.1) is 0 Å². The molecule has 0 amide bonds. The van der Waals surface area contributed by atoms with Crippen LogP contribution in [0.4, 0.5) is 0 Å². The number of allylic oxidation sites excluding steroid dienone is 24. The van der Waals surface area contributed by atoms with Crippen molar-refractivity contribution in [1.29, 1.82) is 0 Å². The summed E-state index contributed by atoms with van der Waals surface area (Å²) >= 11 is 0. The Labute approximate surface area is 516 Å². The number of nitrogens with zero attached hydrogens (tertiary/aromatic N) is 1. The van der Waals surface area contributed by atoms with E-state index in [4.69, 9.17) is 18.5 Å². The fourth-order valence-corrected chi connectivity index (χ4v) is 9.44. The van der Waals surface area contributed by atoms with Gasteiger partial charge in [0, 0.05) is 12.8 Å². The van der Waals surface area contributed by atoms with Crippen LogP contribution in [0.25, 0.3) is 0 Å². The van der Waals surface area contributed by atoms with Gasteiger partial charge in [-0.1, -0.05) is 269 Å². The van der Waals surface area contributed by atoms with Crippen LogP contribution in [0.3, 0.4) is 0 Å². The van der Waals surface area contributed by atoms with E-state index in [0.717, 1.165) is 103 Å². The zero-order chi connectivity index (χ0) is 61.2. The number of hydrogen-bond donors (Lipinski definition) is 0. The lowest BCUT2D eigenvalue weighted by Gasteiger charge is -2.28. The van der Waals surface area contributed by atoms with Crippen molar-refractivity contribution in [3.63, 3.8) is 0 Å². The maximum Gasteiger partial charge on any atom is 0.306 e. The Kier molecular flexibility index (Phi) is 60.3. The summed E-state index contributed by atoms with van der Waals surface area (Å²) in [6.45, 7) is 4.06. The monoisotopic (exact) mass is 1190 g/mol. The molecular formula is C74H124NO8P. The number of carbonyl (C=O) groups is 2. The molecule has 0 aromatic rings. The van der Waals surface area contributed by atoms with E-state index in [-0.39, 0.29) is 26.1 Å². The van der Waals surface area contributed by atoms with Crippen LogP contribution in [0.15, 0.2) is 146 Å². The molecule has 0 aliphatic rings. The van der Waals surface area contributed by atoms with Crippen molar-refractivity contribution in [2.45, 2.75) is 264 Å². The van der Waals surface area contributed by atoms with E-state index in [9.17, 15) is 19.0 Å². The third kappa shape index (κ3) is 67.0. The number of likely N-dealkylation sites (N-methyl/N-ethyl adjacent to an activating group) is 1. The maximum absolute atomic E-state index is 12.8. The predicted molar refractivity (Wildman–Crippen MR) is 360 cm³/mol. The van der Waals surface area contributed by atoms with Crippen LogP contribution in [0.2, 0.25) is 0 Å². The van der Waals surface area contributed by atoms with Crippen molar-refractivity contribution in [1.82, 2.24) is 0 Å². The molecule has 0 saturated heterocycles. The van der Waals surface area contributed by atoms with Crippen LogP contribution in [-0.4, -0.2) is 70.0 Å². The number of hydrogen-bond acceptors (Lipinski definition) is 8. The number of phosphoric acid groups is 1. The van der Waals surface area contributed by atoms with Crippen molar-refractivity contribution in [2.24, 2.45) is 0 Å². The molecule has 0 saturated carbocycles. The standard InChI is InChI=1S/C74H124NO8P/c1-6-8-10-12-14-16-18-20-22-24-26-28-30-32-34-35-36-37-38-39-41-43-45-47-49-51-53-55-57-59-61-63-65-67-74(77)83-72(71-82-84(78,79)81-69-68-75(3,4)5)70-80-73(76)66-64-62-60-58-56-54-52-50-48-46-44-42-40-33-31-29-27-25-23-21-19-17-15-13-11-9-7-2/h8,10,14,16,19-22,25-28,32,34,36-37,39,41,45,47,51,53,57,59,72H,6-7,9,11-13,15,17-18,23-24,29-31,33,35,38,40,42-44,46,48-50,52,54-56,58,60-71H2,1-5H3/b10-8-,16-14-,21-19-,22-20-,27-25-,28-26-,34-32-,37-36-,41-39-,47-45-,53-51-,59-57-. The smallest absolute Gasteiger partial charge is 0.306 e. The minimum atomic E-state index is -4.66. The van der Waals surface area contributed by atoms with Gasteiger partial charge in [0.2, 0.25) is 0 Å². The van der Waals surface area contributed by atoms with E-state index in [1.807, 2.05) is 21.1 Å². The van der Waals surface area contributed by atoms with Crippen LogP contribution >= 0.6 is 7.82 Å². The van der Waals surface area contributed by atoms with Crippen LogP contribution in [-0.2, 0) is 32.7 Å². The van der Waals surface area contributed by atoms with E-state index in [1.165, 1.54) is 122 Å². The lowest BCUT2D eigenvalue weighted by molar-refractivity contribution is -0.870. The second-order valence-electron chi connectivity index (χ2n) is 23.1. The van der Waals surface area contributed by atoms with Gasteiger partial charge in [-0.2, -0.15) is 0 Å². The molecule has 0 aromatic carbocycles. The second kappa shape index (κ2) is 63.4. The molecule has 0 aliphatic carbocycles. The molecule has 84 heavy (non-hydrogen) atoms. The minimum absolute atomic E-state index is 0.0469. The summed E-state index contributed by atoms with van der Waals surface area (Å²) in [5.41, 5.74) is 0. The molecule has 0 spiro atoms. The topological polar surface area (TPSA) is 111 Å². The third-order valence-electron chi connectivity index (χ3n) is 13.8. The summed E-state index contributed by atoms with van der Waals surface area (Å²) in [7, 11) is 1.12. The van der Waals surface area contributed by atoms with Gasteiger partial charge in [-0.05, 0) is 122 Å². The zero-order valence-electron chi connectivity index (χ0n) is 54.3. The van der Waals surface area contributed by atoms with Crippen LogP contribution in [0, 0.1) is 0 Å². The molecule has 478 valence electrons. The van der Waals surface area contributed by atoms with Crippen LogP contribution in [0.1, 0.15) is 258 Å². The van der Waals surface area contributed by atoms with Gasteiger partial charge in [0.25, 0.3) is 7.82 Å². The average molecular weight is 1190 g/mol. The van der Waals surface area contributed by atoms with E-state index in [0.29, 0.717) is 17.4 Å². The van der Waals surface area contributed by atoms with Gasteiger partial charge in [-0.25, -0.2) is 0 Å². The summed E-state index contributed by atoms with van der Waals surface area (Å²) in [6, 6.07) is 0. The Morgan fingerprint density at radius 2 is 0.679 bits per heavy atom. The largest absolute Gasteiger partial charge is 0.756 e. The molecule has 2 unspecified atom stereocenters. The molecule has 0 aliphatic heterocycles. The number of ether oxygens (including phenoxy) is 2. The second-order valence-corrected chi connectivity index (χ2v) is 24.5. The summed E-state index contributed by atoms with van der Waals surface area (Å²) in [6.07, 6.45) is 93.5. The number of rotatable bonds is 60. The highest BCUT2D eigenvalue weighted by atomic mass is 31.2. The Morgan fingerprint density at radius 1 is 0.381 bits per heavy atom. The van der Waals surface area contributed by atoms with E-state index in [1.54, 1.807) is 0 Å². The molecule has 0 N–H and O–H groups in total. The lowest BCUT2D eigenvalue weighted by atomic mass is 10.0. The Balaban J connectivity index is 4.22. The molecule has 0 aromatic heterocycles. The highest BCUT2D eigenvalue weighted by Gasteiger charge is 2.22. The van der Waals surface area contributed by atoms with Crippen LogP contribution < -0.4 is 4.89 Å². The highest BCUT2D eigenvalue weighted by Crippen LogP contribution is 2.38. The third-order valence-corrected chi connectivity index (χ3v) is 14.8. The normalized spacial score (nSPS) is 14.1. The van der Waals surface area contributed by atoms with Crippen molar-refractivity contribution < 1.29 is 42.1 Å². The first kappa shape index (κ1) is 79.9. The van der Waals surface area contributed by atoms with E-state index in [2.05, 4.69) is 160 Å². The first-order chi connectivity index (χ1) is 41.0. The Bertz CT molecular complexity index is 1930. The number of carbonyl (C=O) groups excluding carboxylic acids is 2. The number of quaternary nitrogens is 1. The zero-order valence-corrected chi connectivity index (χ0v) is 55.2. The first-order valence-electron chi connectivity index (χ1n) is 33.5. The molecule has 2 atom stereocenters. The van der Waals surface area contributed by atoms with Crippen molar-refractivity contribution in [3.05, 3.63) is 146 Å². The van der Waals surface area contributed by atoms with Gasteiger partial charge < -0.3 is 27.9 Å².